The van der Waals surface area contributed by atoms with Gasteiger partial charge < -0.3 is 10.6 Å². The van der Waals surface area contributed by atoms with Crippen molar-refractivity contribution < 1.29 is 9.59 Å². The van der Waals surface area contributed by atoms with E-state index < -0.39 is 0 Å². The van der Waals surface area contributed by atoms with Gasteiger partial charge in [0.1, 0.15) is 0 Å². The summed E-state index contributed by atoms with van der Waals surface area (Å²) in [7, 11) is 0. The molecule has 0 spiro atoms. The van der Waals surface area contributed by atoms with Crippen molar-refractivity contribution >= 4 is 22.7 Å². The van der Waals surface area contributed by atoms with Crippen LogP contribution in [-0.4, -0.2) is 39.8 Å². The van der Waals surface area contributed by atoms with E-state index in [4.69, 9.17) is 9.97 Å². The molecular formula is C25H32N4O2. The summed E-state index contributed by atoms with van der Waals surface area (Å²) in [5, 5.41) is 1.02. The number of carbonyl (C=O) groups is 2. The maximum absolute atomic E-state index is 12.7. The molecule has 0 saturated heterocycles. The van der Waals surface area contributed by atoms with Gasteiger partial charge in [-0.3, -0.25) is 9.59 Å². The molecule has 0 aliphatic rings. The summed E-state index contributed by atoms with van der Waals surface area (Å²) in [4.78, 5) is 33.7. The van der Waals surface area contributed by atoms with Crippen molar-refractivity contribution in [2.45, 2.75) is 40.5 Å². The van der Waals surface area contributed by atoms with Crippen LogP contribution >= 0.6 is 0 Å². The molecule has 0 aliphatic heterocycles. The Morgan fingerprint density at radius 3 is 2.10 bits per heavy atom. The van der Waals surface area contributed by atoms with Crippen LogP contribution < -0.4 is 5.73 Å². The molecule has 6 heteroatoms. The third-order valence-corrected chi connectivity index (χ3v) is 5.06. The number of nitrogens with zero attached hydrogens (tertiary/aromatic N) is 3. The van der Waals surface area contributed by atoms with Crippen molar-refractivity contribution in [2.24, 2.45) is 11.7 Å². The smallest absolute Gasteiger partial charge is 0.225 e. The molecule has 3 rings (SSSR count). The first kappa shape index (κ1) is 24.0. The van der Waals surface area contributed by atoms with E-state index in [1.54, 1.807) is 6.92 Å². The lowest BCUT2D eigenvalue weighted by molar-refractivity contribution is -0.134. The Labute approximate surface area is 184 Å². The van der Waals surface area contributed by atoms with Crippen LogP contribution in [0.2, 0.25) is 0 Å². The van der Waals surface area contributed by atoms with Crippen LogP contribution in [0.3, 0.4) is 0 Å². The second-order valence-electron chi connectivity index (χ2n) is 7.31. The first-order chi connectivity index (χ1) is 14.9. The van der Waals surface area contributed by atoms with E-state index in [2.05, 4.69) is 5.73 Å². The number of benzene rings is 2. The first-order valence-corrected chi connectivity index (χ1v) is 10.8. The summed E-state index contributed by atoms with van der Waals surface area (Å²) in [6.45, 7) is 9.21. The van der Waals surface area contributed by atoms with Gasteiger partial charge in [-0.1, -0.05) is 62.4 Å². The highest BCUT2D eigenvalue weighted by molar-refractivity contribution is 5.84. The fraction of sp³-hybridized carbons (Fsp3) is 0.360. The zero-order valence-corrected chi connectivity index (χ0v) is 18.8. The maximum atomic E-state index is 12.7. The quantitative estimate of drug-likeness (QED) is 0.619. The van der Waals surface area contributed by atoms with E-state index in [0.717, 1.165) is 35.2 Å². The molecule has 3 aromatic rings. The van der Waals surface area contributed by atoms with Crippen molar-refractivity contribution in [1.29, 1.82) is 0 Å². The minimum Gasteiger partial charge on any atom is -0.370 e. The standard InChI is InChI=1S/C22H25N3O.C3H7NO/c1-4-25(5-2)22(26)16(3)15-20-18-13-9-10-14-19(18)23-21(24-20)17-11-7-6-8-12-17;1-2-3(4)5/h6-14,16H,4-5,15H2,1-3H3;2H2,1H3,(H2,4,5). The molecule has 164 valence electrons. The van der Waals surface area contributed by atoms with Crippen molar-refractivity contribution in [3.8, 4) is 11.4 Å². The third kappa shape index (κ3) is 6.60. The highest BCUT2D eigenvalue weighted by atomic mass is 16.2. The van der Waals surface area contributed by atoms with E-state index in [9.17, 15) is 9.59 Å². The topological polar surface area (TPSA) is 89.2 Å². The second-order valence-corrected chi connectivity index (χ2v) is 7.31. The van der Waals surface area contributed by atoms with E-state index in [1.165, 1.54) is 0 Å². The van der Waals surface area contributed by atoms with E-state index in [0.29, 0.717) is 18.7 Å². The summed E-state index contributed by atoms with van der Waals surface area (Å²) in [5.74, 6) is 0.530. The molecule has 1 atom stereocenters. The highest BCUT2D eigenvalue weighted by Gasteiger charge is 2.21. The lowest BCUT2D eigenvalue weighted by atomic mass is 10.00. The molecule has 6 nitrogen and oxygen atoms in total. The van der Waals surface area contributed by atoms with Gasteiger partial charge in [-0.25, -0.2) is 9.97 Å². The average Bonchev–Trinajstić information content (AvgIpc) is 2.80. The molecule has 1 heterocycles. The van der Waals surface area contributed by atoms with E-state index in [-0.39, 0.29) is 17.7 Å². The van der Waals surface area contributed by atoms with E-state index in [1.807, 2.05) is 80.3 Å². The Hall–Kier alpha value is -3.28. The molecule has 2 aromatic carbocycles. The summed E-state index contributed by atoms with van der Waals surface area (Å²) in [5.41, 5.74) is 7.49. The Kier molecular flexibility index (Phi) is 9.13. The second kappa shape index (κ2) is 11.8. The predicted octanol–water partition coefficient (Wildman–Crippen LogP) is 4.23. The molecule has 1 aromatic heterocycles. The molecule has 0 bridgehead atoms. The summed E-state index contributed by atoms with van der Waals surface area (Å²) in [6.07, 6.45) is 1.05. The number of amides is 2. The summed E-state index contributed by atoms with van der Waals surface area (Å²) in [6, 6.07) is 18.0. The molecular weight excluding hydrogens is 388 g/mol. The van der Waals surface area contributed by atoms with Crippen LogP contribution in [0.25, 0.3) is 22.3 Å². The van der Waals surface area contributed by atoms with Gasteiger partial charge in [0, 0.05) is 42.8 Å². The van der Waals surface area contributed by atoms with Crippen LogP contribution in [0.5, 0.6) is 0 Å². The van der Waals surface area contributed by atoms with Crippen LogP contribution in [-0.2, 0) is 16.0 Å². The SMILES string of the molecule is CCC(N)=O.CCN(CC)C(=O)C(C)Cc1nc(-c2ccccc2)nc2ccccc12. The van der Waals surface area contributed by atoms with Crippen molar-refractivity contribution in [3.05, 3.63) is 60.3 Å². The fourth-order valence-electron chi connectivity index (χ4n) is 3.24. The van der Waals surface area contributed by atoms with Crippen molar-refractivity contribution in [1.82, 2.24) is 14.9 Å². The fourth-order valence-corrected chi connectivity index (χ4v) is 3.24. The Balaban J connectivity index is 0.000000614. The lowest BCUT2D eigenvalue weighted by Gasteiger charge is -2.23. The Morgan fingerprint density at radius 2 is 1.52 bits per heavy atom. The highest BCUT2D eigenvalue weighted by Crippen LogP contribution is 2.24. The van der Waals surface area contributed by atoms with Crippen molar-refractivity contribution in [3.63, 3.8) is 0 Å². The number of primary amides is 1. The molecule has 0 fully saturated rings. The van der Waals surface area contributed by atoms with Gasteiger partial charge in [0.05, 0.1) is 11.2 Å². The van der Waals surface area contributed by atoms with E-state index >= 15 is 0 Å². The number of hydrogen-bond acceptors (Lipinski definition) is 4. The first-order valence-electron chi connectivity index (χ1n) is 10.8. The van der Waals surface area contributed by atoms with Gasteiger partial charge in [-0.2, -0.15) is 0 Å². The number of rotatable bonds is 7. The van der Waals surface area contributed by atoms with Gasteiger partial charge >= 0.3 is 0 Å². The maximum Gasteiger partial charge on any atom is 0.225 e. The number of nitrogens with two attached hydrogens (primary N) is 1. The molecule has 0 radical (unpaired) electrons. The minimum atomic E-state index is -0.245. The Bertz CT molecular complexity index is 1000. The normalized spacial score (nSPS) is 11.4. The van der Waals surface area contributed by atoms with Crippen LogP contribution in [0.1, 0.15) is 39.8 Å². The molecule has 31 heavy (non-hydrogen) atoms. The van der Waals surface area contributed by atoms with Crippen molar-refractivity contribution in [2.75, 3.05) is 13.1 Å². The van der Waals surface area contributed by atoms with Gasteiger partial charge in [-0.05, 0) is 19.9 Å². The predicted molar refractivity (Wildman–Crippen MR) is 125 cm³/mol. The summed E-state index contributed by atoms with van der Waals surface area (Å²) >= 11 is 0. The number of fused-ring (bicyclic) bond motifs is 1. The van der Waals surface area contributed by atoms with Gasteiger partial charge in [0.25, 0.3) is 0 Å². The number of carbonyl (C=O) groups excluding carboxylic acids is 2. The lowest BCUT2D eigenvalue weighted by Crippen LogP contribution is -2.35. The number of aromatic nitrogens is 2. The Morgan fingerprint density at radius 1 is 0.935 bits per heavy atom. The van der Waals surface area contributed by atoms with Gasteiger partial charge in [-0.15, -0.1) is 0 Å². The van der Waals surface area contributed by atoms with Crippen LogP contribution in [0.15, 0.2) is 54.6 Å². The minimum absolute atomic E-state index is 0.114. The van der Waals surface area contributed by atoms with Crippen LogP contribution in [0, 0.1) is 5.92 Å². The van der Waals surface area contributed by atoms with Gasteiger partial charge in [0.2, 0.25) is 11.8 Å². The largest absolute Gasteiger partial charge is 0.370 e. The molecule has 2 amide bonds. The molecule has 0 aliphatic carbocycles. The third-order valence-electron chi connectivity index (χ3n) is 5.06. The summed E-state index contributed by atoms with van der Waals surface area (Å²) < 4.78 is 0. The number of hydrogen-bond donors (Lipinski definition) is 1. The zero-order chi connectivity index (χ0) is 22.8. The van der Waals surface area contributed by atoms with Crippen LogP contribution in [0.4, 0.5) is 0 Å². The molecule has 0 saturated carbocycles. The molecule has 1 unspecified atom stereocenters. The molecule has 2 N–H and O–H groups in total. The van der Waals surface area contributed by atoms with Gasteiger partial charge in [0.15, 0.2) is 5.82 Å². The monoisotopic (exact) mass is 420 g/mol. The average molecular weight is 421 g/mol. The zero-order valence-electron chi connectivity index (χ0n) is 18.8. The number of para-hydroxylation sites is 1.